The number of aromatic nitrogens is 2. The third kappa shape index (κ3) is 4.28. The lowest BCUT2D eigenvalue weighted by Crippen LogP contribution is -2.29. The van der Waals surface area contributed by atoms with Crippen LogP contribution in [0.15, 0.2) is 4.52 Å². The fourth-order valence-electron chi connectivity index (χ4n) is 2.56. The Bertz CT molecular complexity index is 373. The quantitative estimate of drug-likeness (QED) is 0.855. The van der Waals surface area contributed by atoms with Gasteiger partial charge in [-0.05, 0) is 32.2 Å². The molecular formula is C14H25N3O2. The lowest BCUT2D eigenvalue weighted by molar-refractivity contribution is 0.0830. The Morgan fingerprint density at radius 1 is 1.32 bits per heavy atom. The number of hydrogen-bond acceptors (Lipinski definition) is 5. The number of nitrogens with zero attached hydrogens (tertiary/aromatic N) is 2. The second kappa shape index (κ2) is 7.01. The van der Waals surface area contributed by atoms with Crippen molar-refractivity contribution >= 4 is 0 Å². The molecule has 0 radical (unpaired) electrons. The molecule has 1 saturated heterocycles. The molecule has 1 fully saturated rings. The van der Waals surface area contributed by atoms with E-state index >= 15 is 0 Å². The van der Waals surface area contributed by atoms with Crippen molar-refractivity contribution < 1.29 is 9.26 Å². The number of rotatable bonds is 6. The second-order valence-corrected chi connectivity index (χ2v) is 5.75. The summed E-state index contributed by atoms with van der Waals surface area (Å²) >= 11 is 0. The molecule has 5 heteroatoms. The van der Waals surface area contributed by atoms with Gasteiger partial charge >= 0.3 is 0 Å². The average molecular weight is 267 g/mol. The second-order valence-electron chi connectivity index (χ2n) is 5.75. The van der Waals surface area contributed by atoms with Gasteiger partial charge in [0, 0.05) is 31.6 Å². The minimum absolute atomic E-state index is 0.406. The van der Waals surface area contributed by atoms with Gasteiger partial charge in [0.2, 0.25) is 5.89 Å². The molecule has 0 bridgehead atoms. The van der Waals surface area contributed by atoms with Crippen LogP contribution in [0.3, 0.4) is 0 Å². The van der Waals surface area contributed by atoms with Gasteiger partial charge in [-0.15, -0.1) is 0 Å². The molecule has 1 aliphatic heterocycles. The first-order valence-electron chi connectivity index (χ1n) is 7.26. The number of hydrogen-bond donors (Lipinski definition) is 1. The summed E-state index contributed by atoms with van der Waals surface area (Å²) in [6, 6.07) is 0.406. The molecule has 19 heavy (non-hydrogen) atoms. The first kappa shape index (κ1) is 14.5. The van der Waals surface area contributed by atoms with Crippen LogP contribution >= 0.6 is 0 Å². The van der Waals surface area contributed by atoms with Gasteiger partial charge in [-0.2, -0.15) is 4.98 Å². The summed E-state index contributed by atoms with van der Waals surface area (Å²) < 4.78 is 10.7. The third-order valence-electron chi connectivity index (χ3n) is 3.66. The summed E-state index contributed by atoms with van der Waals surface area (Å²) in [5.41, 5.74) is 0. The molecule has 2 rings (SSSR count). The summed E-state index contributed by atoms with van der Waals surface area (Å²) in [7, 11) is 1.99. The Morgan fingerprint density at radius 3 is 2.68 bits per heavy atom. The van der Waals surface area contributed by atoms with E-state index in [1.54, 1.807) is 0 Å². The molecule has 1 N–H and O–H groups in total. The van der Waals surface area contributed by atoms with Crippen LogP contribution in [0.25, 0.3) is 0 Å². The van der Waals surface area contributed by atoms with E-state index in [1.165, 1.54) is 0 Å². The first-order valence-corrected chi connectivity index (χ1v) is 7.26. The summed E-state index contributed by atoms with van der Waals surface area (Å²) in [4.78, 5) is 4.56. The molecular weight excluding hydrogens is 242 g/mol. The first-order chi connectivity index (χ1) is 9.19. The van der Waals surface area contributed by atoms with Crippen molar-refractivity contribution in [3.63, 3.8) is 0 Å². The van der Waals surface area contributed by atoms with Crippen LogP contribution in [0, 0.1) is 5.92 Å². The monoisotopic (exact) mass is 267 g/mol. The third-order valence-corrected chi connectivity index (χ3v) is 3.66. The van der Waals surface area contributed by atoms with E-state index in [9.17, 15) is 0 Å². The van der Waals surface area contributed by atoms with Gasteiger partial charge in [-0.3, -0.25) is 0 Å². The molecule has 108 valence electrons. The molecule has 1 aromatic rings. The maximum Gasteiger partial charge on any atom is 0.228 e. The molecule has 0 spiro atoms. The minimum Gasteiger partial charge on any atom is -0.381 e. The number of ether oxygens (including phenoxy) is 1. The maximum atomic E-state index is 5.39. The van der Waals surface area contributed by atoms with E-state index in [4.69, 9.17) is 9.26 Å². The van der Waals surface area contributed by atoms with Crippen molar-refractivity contribution in [2.24, 2.45) is 5.92 Å². The average Bonchev–Trinajstić information content (AvgIpc) is 2.87. The standard InChI is InChI=1S/C14H25N3O2/c1-10(2)8-12(15-3)9-13-16-14(17-19-13)11-4-6-18-7-5-11/h10-12,15H,4-9H2,1-3H3. The zero-order valence-electron chi connectivity index (χ0n) is 12.2. The van der Waals surface area contributed by atoms with E-state index in [2.05, 4.69) is 29.3 Å². The Kier molecular flexibility index (Phi) is 5.34. The zero-order chi connectivity index (χ0) is 13.7. The highest BCUT2D eigenvalue weighted by molar-refractivity contribution is 4.97. The van der Waals surface area contributed by atoms with E-state index in [-0.39, 0.29) is 0 Å². The molecule has 1 aliphatic rings. The molecule has 0 aliphatic carbocycles. The van der Waals surface area contributed by atoms with Gasteiger partial charge in [0.05, 0.1) is 0 Å². The minimum atomic E-state index is 0.406. The Labute approximate surface area is 115 Å². The lowest BCUT2D eigenvalue weighted by Gasteiger charge is -2.18. The fraction of sp³-hybridized carbons (Fsp3) is 0.857. The predicted molar refractivity (Wildman–Crippen MR) is 73.1 cm³/mol. The number of nitrogens with one attached hydrogen (secondary N) is 1. The molecule has 5 nitrogen and oxygen atoms in total. The highest BCUT2D eigenvalue weighted by atomic mass is 16.5. The van der Waals surface area contributed by atoms with Crippen LogP contribution in [0.5, 0.6) is 0 Å². The molecule has 2 heterocycles. The van der Waals surface area contributed by atoms with E-state index < -0.39 is 0 Å². The molecule has 1 unspecified atom stereocenters. The molecule has 0 aromatic carbocycles. The van der Waals surface area contributed by atoms with Crippen LogP contribution in [-0.2, 0) is 11.2 Å². The highest BCUT2D eigenvalue weighted by Crippen LogP contribution is 2.24. The van der Waals surface area contributed by atoms with Crippen molar-refractivity contribution in [2.75, 3.05) is 20.3 Å². The van der Waals surface area contributed by atoms with Gasteiger partial charge in [-0.1, -0.05) is 19.0 Å². The van der Waals surface area contributed by atoms with Gasteiger partial charge in [-0.25, -0.2) is 0 Å². The Hall–Kier alpha value is -0.940. The zero-order valence-corrected chi connectivity index (χ0v) is 12.2. The summed E-state index contributed by atoms with van der Waals surface area (Å²) in [5, 5.41) is 7.46. The van der Waals surface area contributed by atoms with E-state index in [0.717, 1.165) is 50.6 Å². The van der Waals surface area contributed by atoms with Crippen molar-refractivity contribution in [1.82, 2.24) is 15.5 Å². The van der Waals surface area contributed by atoms with Crippen LogP contribution < -0.4 is 5.32 Å². The van der Waals surface area contributed by atoms with Crippen molar-refractivity contribution in [3.8, 4) is 0 Å². The molecule has 1 atom stereocenters. The van der Waals surface area contributed by atoms with Gasteiger partial charge in [0.1, 0.15) is 0 Å². The summed E-state index contributed by atoms with van der Waals surface area (Å²) in [6.07, 6.45) is 3.93. The van der Waals surface area contributed by atoms with Crippen LogP contribution in [0.4, 0.5) is 0 Å². The summed E-state index contributed by atoms with van der Waals surface area (Å²) in [5.74, 6) is 2.68. The van der Waals surface area contributed by atoms with Crippen molar-refractivity contribution in [3.05, 3.63) is 11.7 Å². The Balaban J connectivity index is 1.92. The topological polar surface area (TPSA) is 60.2 Å². The maximum absolute atomic E-state index is 5.39. The van der Waals surface area contributed by atoms with Crippen molar-refractivity contribution in [2.45, 2.75) is 51.5 Å². The van der Waals surface area contributed by atoms with Crippen LogP contribution in [0.2, 0.25) is 0 Å². The SMILES string of the molecule is CNC(Cc1nc(C2CCOCC2)no1)CC(C)C. The summed E-state index contributed by atoms with van der Waals surface area (Å²) in [6.45, 7) is 6.07. The fourth-order valence-corrected chi connectivity index (χ4v) is 2.56. The van der Waals surface area contributed by atoms with Gasteiger partial charge in [0.25, 0.3) is 0 Å². The smallest absolute Gasteiger partial charge is 0.228 e. The molecule has 1 aromatic heterocycles. The van der Waals surface area contributed by atoms with Gasteiger partial charge < -0.3 is 14.6 Å². The predicted octanol–water partition coefficient (Wildman–Crippen LogP) is 2.14. The Morgan fingerprint density at radius 2 is 2.05 bits per heavy atom. The van der Waals surface area contributed by atoms with Crippen LogP contribution in [-0.4, -0.2) is 36.4 Å². The lowest BCUT2D eigenvalue weighted by atomic mass is 9.99. The van der Waals surface area contributed by atoms with Crippen molar-refractivity contribution in [1.29, 1.82) is 0 Å². The molecule has 0 amide bonds. The van der Waals surface area contributed by atoms with Gasteiger partial charge in [0.15, 0.2) is 5.82 Å². The molecule has 0 saturated carbocycles. The van der Waals surface area contributed by atoms with Crippen LogP contribution in [0.1, 0.15) is 50.7 Å². The van der Waals surface area contributed by atoms with E-state index in [1.807, 2.05) is 7.05 Å². The van der Waals surface area contributed by atoms with E-state index in [0.29, 0.717) is 17.9 Å². The number of likely N-dealkylation sites (N-methyl/N-ethyl adjacent to an activating group) is 1. The normalized spacial score (nSPS) is 18.9. The highest BCUT2D eigenvalue weighted by Gasteiger charge is 2.22. The largest absolute Gasteiger partial charge is 0.381 e.